The predicted octanol–water partition coefficient (Wildman–Crippen LogP) is 19.2. The van der Waals surface area contributed by atoms with Crippen LogP contribution in [-0.4, -0.2) is 122 Å². The van der Waals surface area contributed by atoms with Crippen LogP contribution in [0.4, 0.5) is 39.8 Å². The van der Waals surface area contributed by atoms with E-state index in [9.17, 15) is 38.7 Å². The van der Waals surface area contributed by atoms with E-state index in [4.69, 9.17) is 55.4 Å². The summed E-state index contributed by atoms with van der Waals surface area (Å²) in [6.07, 6.45) is 5.73. The van der Waals surface area contributed by atoms with Crippen molar-refractivity contribution >= 4 is 178 Å². The van der Waals surface area contributed by atoms with Gasteiger partial charge in [-0.15, -0.1) is 37.3 Å². The van der Waals surface area contributed by atoms with E-state index in [1.807, 2.05) is 290 Å². The second kappa shape index (κ2) is 58.1. The van der Waals surface area contributed by atoms with Crippen molar-refractivity contribution in [2.24, 2.45) is 35.2 Å². The first-order chi connectivity index (χ1) is 72.3. The number of carboxylic acids is 2. The Morgan fingerprint density at radius 1 is 0.473 bits per heavy atom. The Balaban J connectivity index is 0.000000163. The number of hydrazine groups is 1. The Morgan fingerprint density at radius 2 is 0.873 bits per heavy atom. The number of pyridine rings is 2. The van der Waals surface area contributed by atoms with Crippen LogP contribution in [0.3, 0.4) is 0 Å². The summed E-state index contributed by atoms with van der Waals surface area (Å²) in [7, 11) is 0. The van der Waals surface area contributed by atoms with E-state index >= 15 is 0 Å². The summed E-state index contributed by atoms with van der Waals surface area (Å²) in [5.41, 5.74) is 34.2. The number of ketones is 3. The number of aliphatic hydroxyl groups is 1. The molecule has 0 bridgehead atoms. The largest absolute Gasteiger partial charge is 0.507 e. The molecular formula is C106H108N22O18S4. The van der Waals surface area contributed by atoms with Crippen molar-refractivity contribution in [3.05, 3.63) is 373 Å². The number of rotatable bonds is 23. The van der Waals surface area contributed by atoms with E-state index in [2.05, 4.69) is 110 Å². The van der Waals surface area contributed by atoms with Crippen LogP contribution in [0.5, 0.6) is 0 Å². The van der Waals surface area contributed by atoms with Gasteiger partial charge in [0.15, 0.2) is 23.0 Å². The Bertz CT molecular complexity index is 7410. The Kier molecular flexibility index (Phi) is 44.0. The summed E-state index contributed by atoms with van der Waals surface area (Å²) in [6.45, 7) is 12.8. The second-order valence-corrected chi connectivity index (χ2v) is 34.8. The van der Waals surface area contributed by atoms with Gasteiger partial charge in [-0.05, 0) is 197 Å². The van der Waals surface area contributed by atoms with Crippen LogP contribution in [0.1, 0.15) is 86.8 Å². The molecular weight excluding hydrogens is 2000 g/mol. The number of aliphatic carboxylic acids is 2. The maximum Gasteiger partial charge on any atom is 0.327 e. The number of aryl methyl sites for hydroxylation is 2. The smallest absolute Gasteiger partial charge is 0.327 e. The first-order valence-corrected chi connectivity index (χ1v) is 48.4. The van der Waals surface area contributed by atoms with Crippen molar-refractivity contribution in [3.63, 3.8) is 0 Å². The summed E-state index contributed by atoms with van der Waals surface area (Å²) < 4.78 is 24.0. The number of nitrogens with zero attached hydrogens (tertiary/aromatic N) is 9. The van der Waals surface area contributed by atoms with Crippen molar-refractivity contribution in [1.82, 2.24) is 45.5 Å². The zero-order valence-corrected chi connectivity index (χ0v) is 84.6. The van der Waals surface area contributed by atoms with Gasteiger partial charge in [0, 0.05) is 162 Å². The number of nitrogens with one attached hydrogen (secondary N) is 5. The highest BCUT2D eigenvalue weighted by atomic mass is 32.2. The van der Waals surface area contributed by atoms with E-state index in [1.54, 1.807) is 35.1 Å². The van der Waals surface area contributed by atoms with E-state index in [0.29, 0.717) is 36.0 Å². The quantitative estimate of drug-likeness (QED) is 0.00706. The maximum atomic E-state index is 11.8. The third kappa shape index (κ3) is 31.5. The number of nitrogen functional groups attached to an aromatic ring is 2. The van der Waals surface area contributed by atoms with Crippen molar-refractivity contribution in [1.29, 1.82) is 0 Å². The van der Waals surface area contributed by atoms with Crippen LogP contribution in [0.15, 0.2) is 354 Å². The number of aromatic nitrogens is 8. The van der Waals surface area contributed by atoms with Gasteiger partial charge < -0.3 is 64.5 Å². The van der Waals surface area contributed by atoms with Gasteiger partial charge in [0.2, 0.25) is 5.91 Å². The molecule has 0 atom stereocenters. The minimum atomic E-state index is -0.981. The van der Waals surface area contributed by atoms with E-state index < -0.39 is 17.8 Å². The van der Waals surface area contributed by atoms with E-state index in [0.717, 1.165) is 217 Å². The van der Waals surface area contributed by atoms with Gasteiger partial charge in [0.1, 0.15) is 5.76 Å². The number of aliphatic hydroxyl groups excluding tert-OH is 1. The van der Waals surface area contributed by atoms with Crippen molar-refractivity contribution in [3.8, 4) is 28.3 Å². The molecule has 774 valence electrons. The lowest BCUT2D eigenvalue weighted by Gasteiger charge is -2.29. The molecule has 25 N–H and O–H groups in total. The van der Waals surface area contributed by atoms with E-state index in [-0.39, 0.29) is 59.4 Å². The predicted molar refractivity (Wildman–Crippen MR) is 584 cm³/mol. The lowest BCUT2D eigenvalue weighted by atomic mass is 9.98. The normalized spacial score (nSPS) is 11.8. The van der Waals surface area contributed by atoms with Crippen LogP contribution in [0.2, 0.25) is 0 Å². The number of nitrogens with two attached hydrogens (primary N) is 7. The molecule has 9 heterocycles. The molecule has 0 unspecified atom stereocenters. The Labute approximate surface area is 877 Å². The standard InChI is InChI=1S/C17H13N5O3S.C17H16N4O2S.C17H14N4O2S.C13H13NO3.C9H11NO2.2C9H9NO.C6H9N3O2S.C6H7N.C3H4O2.H3N/c18-17(23)15-13-9-20-14-4-2-1-3-12(14)16(13)22(21-15)10-5-7-11(8-6-10)26-25-24-19;2*1-11-15-10-19-16-5-3-2-4-14(16)17(15)21(20-11)12-6-8-13(9-7-12)24-23-22-18;1-8(15)11-7-14(9(2)16)12-6-4-3-5-10(12)13(11)17;11-9(12)6-7-10-8-4-2-1-3-5-8;2*11-9-5-6-10-8-4-2-1-3-7(8)9;7-9-5-1-3-6(4-2-5)12-11-10-8;7-6-4-2-1-3-5-6;1-2-3(4)5;/h1-9H,19H2,(H2,18,23);2-9,19H,10,18H2,1H3;2-10H,18H2,1H3;3-6,17H,7H2,1-2H3;1-5,10H,6-7H2,(H,11,12);2*1-4,10H,5-6H2;1-4,9H,7-8H2;1-5H,7H2;2H,1H2,(H,4,5);1H3. The molecule has 0 fully saturated rings. The monoisotopic (exact) mass is 2100 g/mol. The number of carboxylic acid groups (broad SMARTS) is 2. The number of benzene rings is 12. The number of carbonyl (C=O) groups excluding carboxylic acids is 5. The molecule has 5 aromatic heterocycles. The Hall–Kier alpha value is -16.6. The molecule has 0 saturated heterocycles. The summed E-state index contributed by atoms with van der Waals surface area (Å²) in [4.78, 5) is 107. The molecule has 40 nitrogen and oxygen atoms in total. The van der Waals surface area contributed by atoms with E-state index in [1.165, 1.54) is 24.3 Å². The lowest BCUT2D eigenvalue weighted by Crippen LogP contribution is -2.35. The van der Waals surface area contributed by atoms with Gasteiger partial charge in [-0.2, -0.15) is 38.9 Å². The van der Waals surface area contributed by atoms with Gasteiger partial charge >= 0.3 is 11.9 Å². The maximum absolute atomic E-state index is 11.8. The van der Waals surface area contributed by atoms with Gasteiger partial charge in [0.05, 0.1) is 134 Å². The summed E-state index contributed by atoms with van der Waals surface area (Å²) in [5.74, 6) is 22.1. The van der Waals surface area contributed by atoms with Crippen LogP contribution < -0.4 is 78.6 Å². The first kappa shape index (κ1) is 114. The van der Waals surface area contributed by atoms with Crippen LogP contribution in [0.25, 0.3) is 77.7 Å². The summed E-state index contributed by atoms with van der Waals surface area (Å²) in [6, 6.07) is 95.6. The van der Waals surface area contributed by atoms with Crippen molar-refractivity contribution in [2.75, 3.05) is 63.5 Å². The molecule has 17 aromatic rings. The number of hydrogen-bond donors (Lipinski definition) is 16. The van der Waals surface area contributed by atoms with Crippen LogP contribution in [0, 0.1) is 13.8 Å². The SMILES string of the molecule is C=CC(=O)O.CC(=O)C1=C(O)c2ccccc2N(C(C)=O)C1.Cc1nn(-c2ccc(SOON)cc2)c2c1CNc1ccccc1-2.Cc1nn(-c2ccc(SOON)cc2)c2c1cnc1ccccc12.N.NNc1ccc(SOON)cc1.NOOSc1ccc(-n2nc(C(N)=O)c3cnc4ccccc4c32)cc1.Nc1ccccc1.O=C(O)CCNc1ccccc1.O=C1CCNc2ccccc21.O=C1CCNc2ccccc21. The fourth-order valence-corrected chi connectivity index (χ4v) is 16.6. The molecule has 0 radical (unpaired) electrons. The number of primary amides is 1. The lowest BCUT2D eigenvalue weighted by molar-refractivity contribution is -0.195. The average molecular weight is 2110 g/mol. The number of hydrogen-bond acceptors (Lipinski definition) is 37. The van der Waals surface area contributed by atoms with Crippen LogP contribution in [-0.2, 0) is 63.0 Å². The van der Waals surface area contributed by atoms with Gasteiger partial charge in [-0.25, -0.2) is 18.8 Å². The highest BCUT2D eigenvalue weighted by molar-refractivity contribution is 7.95. The summed E-state index contributed by atoms with van der Waals surface area (Å²) >= 11 is 4.11. The van der Waals surface area contributed by atoms with Gasteiger partial charge in [-0.1, -0.05) is 134 Å². The molecule has 44 heteroatoms. The fraction of sp³-hybridized carbons (Fsp3) is 0.113. The fourth-order valence-electron chi connectivity index (χ4n) is 15.1. The second-order valence-electron chi connectivity index (χ2n) is 31.7. The Morgan fingerprint density at radius 3 is 1.31 bits per heavy atom. The molecule has 0 spiro atoms. The third-order valence-corrected chi connectivity index (χ3v) is 24.5. The van der Waals surface area contributed by atoms with Crippen molar-refractivity contribution in [2.45, 2.75) is 73.1 Å². The van der Waals surface area contributed by atoms with Gasteiger partial charge in [0.25, 0.3) is 5.91 Å². The number of anilines is 7. The zero-order valence-electron chi connectivity index (χ0n) is 81.3. The zero-order chi connectivity index (χ0) is 106. The summed E-state index contributed by atoms with van der Waals surface area (Å²) in [5, 5.41) is 56.2. The molecule has 4 aliphatic heterocycles. The topological polar surface area (TPSA) is 614 Å². The molecule has 4 aliphatic rings. The number of Topliss-reactive ketones (excluding diaryl/α,β-unsaturated/α-hetero) is 3. The molecule has 2 amide bonds. The number of fused-ring (bicyclic) bond motifs is 12. The molecule has 0 saturated carbocycles. The molecule has 150 heavy (non-hydrogen) atoms. The molecule has 21 rings (SSSR count). The number of para-hydroxylation sites is 8. The minimum absolute atomic E-state index is 0. The highest BCUT2D eigenvalue weighted by Crippen LogP contribution is 2.40. The molecule has 12 aromatic carbocycles. The van der Waals surface area contributed by atoms with Gasteiger partial charge in [-0.3, -0.25) is 44.6 Å². The first-order valence-electron chi connectivity index (χ1n) is 45.4. The third-order valence-electron chi connectivity index (χ3n) is 22.1. The van der Waals surface area contributed by atoms with Crippen LogP contribution >= 0.6 is 48.2 Å². The number of carbonyl (C=O) groups is 7. The highest BCUT2D eigenvalue weighted by Gasteiger charge is 2.30. The average Bonchev–Trinajstić information content (AvgIpc) is 1.60. The minimum Gasteiger partial charge on any atom is -0.507 e. The number of amides is 2. The molecule has 0 aliphatic carbocycles. The van der Waals surface area contributed by atoms with Crippen molar-refractivity contribution < 1.29 is 86.2 Å².